The molecular weight excluding hydrogens is 360 g/mol. The van der Waals surface area contributed by atoms with Crippen LogP contribution in [0.5, 0.6) is 11.5 Å². The van der Waals surface area contributed by atoms with Crippen LogP contribution in [-0.2, 0) is 30.8 Å². The van der Waals surface area contributed by atoms with Crippen LogP contribution in [-0.4, -0.2) is 47.1 Å². The predicted octanol–water partition coefficient (Wildman–Crippen LogP) is 3.33. The first-order valence-corrected chi connectivity index (χ1v) is 9.25. The smallest absolute Gasteiger partial charge is 0.288 e. The first-order chi connectivity index (χ1) is 13.5. The molecule has 3 rings (SSSR count). The summed E-state index contributed by atoms with van der Waals surface area (Å²) in [5.41, 5.74) is 2.61. The van der Waals surface area contributed by atoms with E-state index in [0.29, 0.717) is 23.7 Å². The van der Waals surface area contributed by atoms with Gasteiger partial charge in [-0.05, 0) is 48.1 Å². The van der Waals surface area contributed by atoms with Gasteiger partial charge >= 0.3 is 0 Å². The van der Waals surface area contributed by atoms with Crippen molar-refractivity contribution < 1.29 is 28.5 Å². The van der Waals surface area contributed by atoms with Crippen molar-refractivity contribution >= 4 is 5.78 Å². The van der Waals surface area contributed by atoms with Crippen LogP contribution in [0.1, 0.15) is 30.4 Å². The van der Waals surface area contributed by atoms with E-state index in [-0.39, 0.29) is 12.2 Å². The highest BCUT2D eigenvalue weighted by molar-refractivity contribution is 5.93. The van der Waals surface area contributed by atoms with Gasteiger partial charge in [-0.2, -0.15) is 0 Å². The molecule has 1 aromatic carbocycles. The van der Waals surface area contributed by atoms with E-state index >= 15 is 0 Å². The summed E-state index contributed by atoms with van der Waals surface area (Å²) in [6.07, 6.45) is 4.17. The quantitative estimate of drug-likeness (QED) is 0.527. The largest absolute Gasteiger partial charge is 0.495 e. The van der Waals surface area contributed by atoms with E-state index in [0.717, 1.165) is 29.5 Å². The summed E-state index contributed by atoms with van der Waals surface area (Å²) < 4.78 is 27.9. The second-order valence-electron chi connectivity index (χ2n) is 7.08. The number of hydrogen-bond acceptors (Lipinski definition) is 6. The zero-order valence-electron chi connectivity index (χ0n) is 17.2. The van der Waals surface area contributed by atoms with E-state index in [1.807, 2.05) is 18.2 Å². The van der Waals surface area contributed by atoms with E-state index in [4.69, 9.17) is 23.7 Å². The molecule has 2 aliphatic carbocycles. The second-order valence-corrected chi connectivity index (χ2v) is 7.08. The van der Waals surface area contributed by atoms with Crippen molar-refractivity contribution in [3.8, 4) is 11.5 Å². The van der Waals surface area contributed by atoms with Crippen molar-refractivity contribution in [1.29, 1.82) is 0 Å². The maximum absolute atomic E-state index is 13.3. The normalized spacial score (nSPS) is 23.0. The predicted molar refractivity (Wildman–Crippen MR) is 105 cm³/mol. The minimum atomic E-state index is -1.51. The Labute approximate surface area is 166 Å². The summed E-state index contributed by atoms with van der Waals surface area (Å²) in [5, 5.41) is 0. The molecule has 28 heavy (non-hydrogen) atoms. The van der Waals surface area contributed by atoms with Crippen LogP contribution in [0.4, 0.5) is 0 Å². The van der Waals surface area contributed by atoms with Crippen LogP contribution in [0, 0.1) is 0 Å². The van der Waals surface area contributed by atoms with Gasteiger partial charge in [0.15, 0.2) is 17.3 Å². The Kier molecular flexibility index (Phi) is 5.55. The van der Waals surface area contributed by atoms with E-state index < -0.39 is 11.2 Å². The lowest BCUT2D eigenvalue weighted by molar-refractivity contribution is -0.208. The molecular formula is C22H28O6. The molecule has 0 radical (unpaired) electrons. The summed E-state index contributed by atoms with van der Waals surface area (Å²) in [6.45, 7) is 3.95. The van der Waals surface area contributed by atoms with Crippen molar-refractivity contribution in [3.05, 3.63) is 47.2 Å². The van der Waals surface area contributed by atoms with Crippen LogP contribution in [0.3, 0.4) is 0 Å². The van der Waals surface area contributed by atoms with Gasteiger partial charge < -0.3 is 23.7 Å². The zero-order chi connectivity index (χ0) is 20.5. The molecule has 2 aliphatic rings. The molecule has 1 atom stereocenters. The fourth-order valence-electron chi connectivity index (χ4n) is 4.79. The average molecular weight is 388 g/mol. The lowest BCUT2D eigenvalue weighted by atomic mass is 9.58. The first kappa shape index (κ1) is 20.4. The standard InChI is InChI=1S/C22H28O6/c1-7-10-21-13-19(23)22(27-5,28-6)20(26-4)15(21)9-8-14-11-17(24-2)18(25-3)12-16(14)21/h7,11-12H,1,8-10,13H2,2-6H3/t21-/m1/s1. The van der Waals surface area contributed by atoms with E-state index in [9.17, 15) is 4.79 Å². The number of carbonyl (C=O) groups excluding carboxylic acids is 1. The van der Waals surface area contributed by atoms with Crippen molar-refractivity contribution in [2.24, 2.45) is 0 Å². The number of fused-ring (bicyclic) bond motifs is 3. The van der Waals surface area contributed by atoms with Crippen molar-refractivity contribution in [1.82, 2.24) is 0 Å². The zero-order valence-corrected chi connectivity index (χ0v) is 17.2. The topological polar surface area (TPSA) is 63.2 Å². The van der Waals surface area contributed by atoms with Gasteiger partial charge in [0.1, 0.15) is 0 Å². The number of benzene rings is 1. The van der Waals surface area contributed by atoms with E-state index in [1.54, 1.807) is 21.3 Å². The molecule has 0 amide bonds. The molecule has 0 fully saturated rings. The molecule has 0 N–H and O–H groups in total. The first-order valence-electron chi connectivity index (χ1n) is 9.25. The Morgan fingerprint density at radius 1 is 1.00 bits per heavy atom. The van der Waals surface area contributed by atoms with Crippen molar-refractivity contribution in [3.63, 3.8) is 0 Å². The molecule has 0 saturated heterocycles. The summed E-state index contributed by atoms with van der Waals surface area (Å²) in [6, 6.07) is 3.98. The van der Waals surface area contributed by atoms with Crippen LogP contribution in [0.2, 0.25) is 0 Å². The number of ether oxygens (including phenoxy) is 5. The number of methoxy groups -OCH3 is 5. The molecule has 0 aliphatic heterocycles. The minimum absolute atomic E-state index is 0.178. The van der Waals surface area contributed by atoms with Gasteiger partial charge in [0, 0.05) is 26.1 Å². The Balaban J connectivity index is 2.34. The highest BCUT2D eigenvalue weighted by Gasteiger charge is 2.58. The highest BCUT2D eigenvalue weighted by atomic mass is 16.7. The summed E-state index contributed by atoms with van der Waals surface area (Å²) in [5.74, 6) is 0.0639. The maximum Gasteiger partial charge on any atom is 0.288 e. The second kappa shape index (κ2) is 7.60. The molecule has 0 heterocycles. The molecule has 0 spiro atoms. The van der Waals surface area contributed by atoms with Crippen molar-refractivity contribution in [2.75, 3.05) is 35.5 Å². The number of carbonyl (C=O) groups is 1. The molecule has 0 aromatic heterocycles. The lowest BCUT2D eigenvalue weighted by Gasteiger charge is -2.48. The fraction of sp³-hybridized carbons (Fsp3) is 0.500. The van der Waals surface area contributed by atoms with Gasteiger partial charge in [0.05, 0.1) is 21.3 Å². The summed E-state index contributed by atoms with van der Waals surface area (Å²) >= 11 is 0. The monoisotopic (exact) mass is 388 g/mol. The average Bonchev–Trinajstić information content (AvgIpc) is 2.72. The van der Waals surface area contributed by atoms with E-state index in [2.05, 4.69) is 6.58 Å². The Bertz CT molecular complexity index is 821. The van der Waals surface area contributed by atoms with Crippen LogP contribution >= 0.6 is 0 Å². The highest BCUT2D eigenvalue weighted by Crippen LogP contribution is 2.55. The molecule has 0 saturated carbocycles. The SMILES string of the molecule is C=CC[C@@]12CC(=O)C(OC)(OC)C(OC)=C1CCc1cc(OC)c(OC)cc12. The summed E-state index contributed by atoms with van der Waals surface area (Å²) in [4.78, 5) is 13.3. The summed E-state index contributed by atoms with van der Waals surface area (Å²) in [7, 11) is 7.71. The van der Waals surface area contributed by atoms with Gasteiger partial charge in [0.25, 0.3) is 5.79 Å². The molecule has 6 heteroatoms. The van der Waals surface area contributed by atoms with Gasteiger partial charge in [-0.25, -0.2) is 0 Å². The molecule has 152 valence electrons. The van der Waals surface area contributed by atoms with Gasteiger partial charge in [-0.15, -0.1) is 6.58 Å². The minimum Gasteiger partial charge on any atom is -0.495 e. The third-order valence-electron chi connectivity index (χ3n) is 6.02. The third kappa shape index (κ3) is 2.66. The van der Waals surface area contributed by atoms with E-state index in [1.165, 1.54) is 14.2 Å². The number of rotatable bonds is 7. The number of Topliss-reactive ketones (excluding diaryl/α,β-unsaturated/α-hetero) is 1. The number of hydrogen-bond donors (Lipinski definition) is 0. The van der Waals surface area contributed by atoms with Crippen LogP contribution < -0.4 is 9.47 Å². The third-order valence-corrected chi connectivity index (χ3v) is 6.02. The lowest BCUT2D eigenvalue weighted by Crippen LogP contribution is -2.55. The molecule has 6 nitrogen and oxygen atoms in total. The fourth-order valence-corrected chi connectivity index (χ4v) is 4.79. The maximum atomic E-state index is 13.3. The van der Waals surface area contributed by atoms with Gasteiger partial charge in [-0.3, -0.25) is 4.79 Å². The number of ketones is 1. The number of aryl methyl sites for hydroxylation is 1. The molecule has 0 unspecified atom stereocenters. The Morgan fingerprint density at radius 3 is 2.18 bits per heavy atom. The van der Waals surface area contributed by atoms with Crippen LogP contribution in [0.15, 0.2) is 36.1 Å². The Morgan fingerprint density at radius 2 is 1.64 bits per heavy atom. The molecule has 1 aromatic rings. The van der Waals surface area contributed by atoms with Gasteiger partial charge in [0.2, 0.25) is 5.78 Å². The van der Waals surface area contributed by atoms with Gasteiger partial charge in [-0.1, -0.05) is 6.08 Å². The molecule has 0 bridgehead atoms. The van der Waals surface area contributed by atoms with Crippen LogP contribution in [0.25, 0.3) is 0 Å². The number of allylic oxidation sites excluding steroid dienone is 2. The van der Waals surface area contributed by atoms with Crippen molar-refractivity contribution in [2.45, 2.75) is 36.9 Å². The Hall–Kier alpha value is -2.31.